The van der Waals surface area contributed by atoms with Gasteiger partial charge in [0.2, 0.25) is 10.0 Å². The van der Waals surface area contributed by atoms with Gasteiger partial charge in [0.25, 0.3) is 0 Å². The van der Waals surface area contributed by atoms with Crippen LogP contribution in [0.4, 0.5) is 5.69 Å². The van der Waals surface area contributed by atoms with Crippen LogP contribution in [0.5, 0.6) is 0 Å². The first-order valence-electron chi connectivity index (χ1n) is 6.13. The number of rotatable bonds is 6. The largest absolute Gasteiger partial charge is 0.399 e. The summed E-state index contributed by atoms with van der Waals surface area (Å²) in [5.74, 6) is 0.946. The standard InChI is InChI=1S/C13H22N2O2S2/c1-10-9-12(14)5-6-13(10)19(16,17)15(3)11(2)7-8-18-4/h5-6,9,11H,7-8,14H2,1-4H3. The van der Waals surface area contributed by atoms with Gasteiger partial charge < -0.3 is 5.73 Å². The zero-order valence-corrected chi connectivity index (χ0v) is 13.5. The molecule has 19 heavy (non-hydrogen) atoms. The Labute approximate surface area is 120 Å². The first-order chi connectivity index (χ1) is 8.80. The minimum absolute atomic E-state index is 0.0191. The number of benzene rings is 1. The van der Waals surface area contributed by atoms with Crippen LogP contribution in [0.15, 0.2) is 23.1 Å². The van der Waals surface area contributed by atoms with Crippen LogP contribution in [-0.4, -0.2) is 37.8 Å². The molecule has 1 aromatic rings. The minimum Gasteiger partial charge on any atom is -0.399 e. The Morgan fingerprint density at radius 2 is 2.05 bits per heavy atom. The van der Waals surface area contributed by atoms with Gasteiger partial charge in [-0.15, -0.1) is 0 Å². The van der Waals surface area contributed by atoms with E-state index in [0.29, 0.717) is 16.1 Å². The normalized spacial score (nSPS) is 13.7. The van der Waals surface area contributed by atoms with E-state index in [2.05, 4.69) is 0 Å². The molecule has 0 spiro atoms. The van der Waals surface area contributed by atoms with Crippen LogP contribution in [0, 0.1) is 6.92 Å². The third kappa shape index (κ3) is 3.87. The molecule has 0 aromatic heterocycles. The van der Waals surface area contributed by atoms with Crippen molar-refractivity contribution < 1.29 is 8.42 Å². The van der Waals surface area contributed by atoms with Crippen molar-refractivity contribution in [2.24, 2.45) is 0 Å². The quantitative estimate of drug-likeness (QED) is 0.819. The lowest BCUT2D eigenvalue weighted by atomic mass is 10.2. The number of sulfonamides is 1. The average molecular weight is 302 g/mol. The van der Waals surface area contributed by atoms with E-state index in [9.17, 15) is 8.42 Å². The lowest BCUT2D eigenvalue weighted by Gasteiger charge is -2.25. The Bertz CT molecular complexity index is 529. The number of thioether (sulfide) groups is 1. The van der Waals surface area contributed by atoms with Crippen LogP contribution in [0.25, 0.3) is 0 Å². The first kappa shape index (κ1) is 16.3. The molecular weight excluding hydrogens is 280 g/mol. The molecule has 0 fully saturated rings. The van der Waals surface area contributed by atoms with Crippen molar-refractivity contribution in [1.82, 2.24) is 4.31 Å². The van der Waals surface area contributed by atoms with Gasteiger partial charge in [0.15, 0.2) is 0 Å². The summed E-state index contributed by atoms with van der Waals surface area (Å²) >= 11 is 1.72. The Kier molecular flexibility index (Phi) is 5.70. The van der Waals surface area contributed by atoms with Crippen molar-refractivity contribution in [2.45, 2.75) is 31.2 Å². The Morgan fingerprint density at radius 3 is 2.58 bits per heavy atom. The van der Waals surface area contributed by atoms with Crippen LogP contribution in [0.2, 0.25) is 0 Å². The number of hydrogen-bond donors (Lipinski definition) is 1. The van der Waals surface area contributed by atoms with Crippen molar-refractivity contribution in [3.8, 4) is 0 Å². The molecule has 4 nitrogen and oxygen atoms in total. The molecule has 0 aliphatic rings. The van der Waals surface area contributed by atoms with Crippen LogP contribution in [0.1, 0.15) is 18.9 Å². The summed E-state index contributed by atoms with van der Waals surface area (Å²) in [7, 11) is -1.81. The zero-order valence-electron chi connectivity index (χ0n) is 11.9. The number of aryl methyl sites for hydroxylation is 1. The molecular formula is C13H22N2O2S2. The fourth-order valence-corrected chi connectivity index (χ4v) is 4.00. The lowest BCUT2D eigenvalue weighted by Crippen LogP contribution is -2.35. The molecule has 108 valence electrons. The minimum atomic E-state index is -3.45. The van der Waals surface area contributed by atoms with Gasteiger partial charge in [-0.25, -0.2) is 8.42 Å². The second-order valence-electron chi connectivity index (χ2n) is 4.68. The molecule has 0 radical (unpaired) electrons. The third-order valence-electron chi connectivity index (χ3n) is 3.22. The highest BCUT2D eigenvalue weighted by Crippen LogP contribution is 2.23. The molecule has 0 aliphatic carbocycles. The maximum atomic E-state index is 12.5. The van der Waals surface area contributed by atoms with Gasteiger partial charge >= 0.3 is 0 Å². The van der Waals surface area contributed by atoms with E-state index in [1.807, 2.05) is 13.2 Å². The average Bonchev–Trinajstić information content (AvgIpc) is 2.34. The smallest absolute Gasteiger partial charge is 0.243 e. The Balaban J connectivity index is 3.02. The molecule has 1 unspecified atom stereocenters. The molecule has 1 rings (SSSR count). The van der Waals surface area contributed by atoms with Gasteiger partial charge in [-0.05, 0) is 56.0 Å². The number of anilines is 1. The molecule has 1 aromatic carbocycles. The fourth-order valence-electron chi connectivity index (χ4n) is 1.82. The second-order valence-corrected chi connectivity index (χ2v) is 7.63. The summed E-state index contributed by atoms with van der Waals surface area (Å²) in [5.41, 5.74) is 6.92. The van der Waals surface area contributed by atoms with Gasteiger partial charge in [0.1, 0.15) is 0 Å². The SMILES string of the molecule is CSCCC(C)N(C)S(=O)(=O)c1ccc(N)cc1C. The van der Waals surface area contributed by atoms with Crippen molar-refractivity contribution in [2.75, 3.05) is 24.8 Å². The topological polar surface area (TPSA) is 63.4 Å². The fraction of sp³-hybridized carbons (Fsp3) is 0.538. The van der Waals surface area contributed by atoms with Crippen LogP contribution >= 0.6 is 11.8 Å². The van der Waals surface area contributed by atoms with E-state index in [1.54, 1.807) is 43.9 Å². The summed E-state index contributed by atoms with van der Waals surface area (Å²) in [6.45, 7) is 3.70. The molecule has 0 saturated heterocycles. The van der Waals surface area contributed by atoms with Crippen molar-refractivity contribution >= 4 is 27.5 Å². The monoisotopic (exact) mass is 302 g/mol. The van der Waals surface area contributed by atoms with Crippen molar-refractivity contribution in [1.29, 1.82) is 0 Å². The van der Waals surface area contributed by atoms with Crippen LogP contribution < -0.4 is 5.73 Å². The summed E-state index contributed by atoms with van der Waals surface area (Å²) < 4.78 is 26.5. The number of hydrogen-bond acceptors (Lipinski definition) is 4. The van der Waals surface area contributed by atoms with Gasteiger partial charge in [-0.2, -0.15) is 16.1 Å². The number of nitrogen functional groups attached to an aromatic ring is 1. The first-order valence-corrected chi connectivity index (χ1v) is 8.97. The molecule has 0 saturated carbocycles. The predicted octanol–water partition coefficient (Wildman–Crippen LogP) is 2.34. The van der Waals surface area contributed by atoms with Gasteiger partial charge in [0.05, 0.1) is 4.90 Å². The highest BCUT2D eigenvalue weighted by atomic mass is 32.2. The van der Waals surface area contributed by atoms with Gasteiger partial charge in [-0.3, -0.25) is 0 Å². The van der Waals surface area contributed by atoms with E-state index in [4.69, 9.17) is 5.73 Å². The van der Waals surface area contributed by atoms with E-state index in [-0.39, 0.29) is 6.04 Å². The molecule has 0 amide bonds. The third-order valence-corrected chi connectivity index (χ3v) is 5.99. The molecule has 0 aliphatic heterocycles. The molecule has 2 N–H and O–H groups in total. The second kappa shape index (κ2) is 6.63. The summed E-state index contributed by atoms with van der Waals surface area (Å²) in [6, 6.07) is 4.88. The van der Waals surface area contributed by atoms with Crippen molar-refractivity contribution in [3.63, 3.8) is 0 Å². The van der Waals surface area contributed by atoms with E-state index in [0.717, 1.165) is 12.2 Å². The van der Waals surface area contributed by atoms with Crippen LogP contribution in [0.3, 0.4) is 0 Å². The lowest BCUT2D eigenvalue weighted by molar-refractivity contribution is 0.382. The predicted molar refractivity (Wildman–Crippen MR) is 83.0 cm³/mol. The van der Waals surface area contributed by atoms with E-state index < -0.39 is 10.0 Å². The molecule has 0 heterocycles. The summed E-state index contributed by atoms with van der Waals surface area (Å²) in [5, 5.41) is 0. The maximum absolute atomic E-state index is 12.5. The maximum Gasteiger partial charge on any atom is 0.243 e. The Hall–Kier alpha value is -0.720. The highest BCUT2D eigenvalue weighted by Gasteiger charge is 2.26. The zero-order chi connectivity index (χ0) is 14.6. The van der Waals surface area contributed by atoms with E-state index in [1.165, 1.54) is 4.31 Å². The van der Waals surface area contributed by atoms with E-state index >= 15 is 0 Å². The van der Waals surface area contributed by atoms with Crippen LogP contribution in [-0.2, 0) is 10.0 Å². The number of nitrogens with two attached hydrogens (primary N) is 1. The van der Waals surface area contributed by atoms with Crippen molar-refractivity contribution in [3.05, 3.63) is 23.8 Å². The number of nitrogens with zero attached hydrogens (tertiary/aromatic N) is 1. The molecule has 6 heteroatoms. The Morgan fingerprint density at radius 1 is 1.42 bits per heavy atom. The summed E-state index contributed by atoms with van der Waals surface area (Å²) in [6.07, 6.45) is 2.86. The molecule has 1 atom stereocenters. The van der Waals surface area contributed by atoms with Gasteiger partial charge in [0, 0.05) is 18.8 Å². The van der Waals surface area contributed by atoms with Gasteiger partial charge in [-0.1, -0.05) is 0 Å². The summed E-state index contributed by atoms with van der Waals surface area (Å²) in [4.78, 5) is 0.334. The highest BCUT2D eigenvalue weighted by molar-refractivity contribution is 7.98. The molecule has 0 bridgehead atoms.